The summed E-state index contributed by atoms with van der Waals surface area (Å²) in [6, 6.07) is 0. The van der Waals surface area contributed by atoms with Crippen molar-refractivity contribution in [3.05, 3.63) is 0 Å². The zero-order valence-corrected chi connectivity index (χ0v) is 11.0. The van der Waals surface area contributed by atoms with E-state index in [9.17, 15) is 18.3 Å². The maximum Gasteiger partial charge on any atom is 0.401 e. The Morgan fingerprint density at radius 1 is 1.22 bits per heavy atom. The summed E-state index contributed by atoms with van der Waals surface area (Å²) in [5.74, 6) is 0. The molecule has 0 rings (SSSR count). The number of aliphatic hydroxyl groups excluding tert-OH is 2. The van der Waals surface area contributed by atoms with Gasteiger partial charge in [0.2, 0.25) is 0 Å². The van der Waals surface area contributed by atoms with Crippen molar-refractivity contribution < 1.29 is 28.1 Å². The van der Waals surface area contributed by atoms with Crippen molar-refractivity contribution >= 4 is 0 Å². The van der Waals surface area contributed by atoms with Crippen LogP contribution in [0, 0.1) is 0 Å². The van der Waals surface area contributed by atoms with Crippen LogP contribution in [0.4, 0.5) is 13.2 Å². The third kappa shape index (κ3) is 7.15. The van der Waals surface area contributed by atoms with E-state index in [1.165, 1.54) is 7.11 Å². The SMILES string of the molecule is COC(C)(C)C(O)CCN(CCO)CC(F)(F)F. The quantitative estimate of drug-likeness (QED) is 0.693. The van der Waals surface area contributed by atoms with Crippen molar-refractivity contribution in [1.82, 2.24) is 4.90 Å². The minimum absolute atomic E-state index is 0.0496. The first-order valence-electron chi connectivity index (χ1n) is 5.75. The molecule has 7 heteroatoms. The molecule has 0 aromatic rings. The molecule has 0 aliphatic rings. The Bertz CT molecular complexity index is 234. The van der Waals surface area contributed by atoms with Crippen LogP contribution in [-0.4, -0.2) is 66.3 Å². The summed E-state index contributed by atoms with van der Waals surface area (Å²) in [5.41, 5.74) is -0.802. The Kier molecular flexibility index (Phi) is 7.13. The van der Waals surface area contributed by atoms with E-state index < -0.39 is 24.4 Å². The molecule has 0 amide bonds. The van der Waals surface area contributed by atoms with Crippen LogP contribution in [0.15, 0.2) is 0 Å². The third-order valence-electron chi connectivity index (χ3n) is 2.87. The molecule has 0 aromatic carbocycles. The average molecular weight is 273 g/mol. The van der Waals surface area contributed by atoms with Crippen molar-refractivity contribution in [2.75, 3.05) is 33.4 Å². The molecule has 18 heavy (non-hydrogen) atoms. The Morgan fingerprint density at radius 3 is 2.17 bits per heavy atom. The molecule has 0 aromatic heterocycles. The molecule has 2 N–H and O–H groups in total. The molecule has 0 bridgehead atoms. The highest BCUT2D eigenvalue weighted by molar-refractivity contribution is 4.79. The highest BCUT2D eigenvalue weighted by atomic mass is 19.4. The second-order valence-corrected chi connectivity index (χ2v) is 4.73. The fourth-order valence-corrected chi connectivity index (χ4v) is 1.45. The van der Waals surface area contributed by atoms with Gasteiger partial charge >= 0.3 is 6.18 Å². The largest absolute Gasteiger partial charge is 0.401 e. The lowest BCUT2D eigenvalue weighted by Crippen LogP contribution is -2.43. The monoisotopic (exact) mass is 273 g/mol. The number of ether oxygens (including phenoxy) is 1. The molecule has 0 aliphatic carbocycles. The molecule has 4 nitrogen and oxygen atoms in total. The highest BCUT2D eigenvalue weighted by Gasteiger charge is 2.32. The molecule has 0 fully saturated rings. The fraction of sp³-hybridized carbons (Fsp3) is 1.00. The van der Waals surface area contributed by atoms with Crippen LogP contribution in [0.5, 0.6) is 0 Å². The molecule has 0 radical (unpaired) electrons. The summed E-state index contributed by atoms with van der Waals surface area (Å²) >= 11 is 0. The van der Waals surface area contributed by atoms with Gasteiger partial charge in [0.1, 0.15) is 0 Å². The van der Waals surface area contributed by atoms with Crippen molar-refractivity contribution in [2.24, 2.45) is 0 Å². The van der Waals surface area contributed by atoms with Crippen LogP contribution in [0.3, 0.4) is 0 Å². The zero-order valence-electron chi connectivity index (χ0n) is 11.0. The number of halogens is 3. The van der Waals surface area contributed by atoms with Crippen LogP contribution >= 0.6 is 0 Å². The van der Waals surface area contributed by atoms with Gasteiger partial charge in [0.05, 0.1) is 24.9 Å². The zero-order chi connectivity index (χ0) is 14.4. The summed E-state index contributed by atoms with van der Waals surface area (Å²) in [4.78, 5) is 1.06. The van der Waals surface area contributed by atoms with Gasteiger partial charge in [-0.15, -0.1) is 0 Å². The Morgan fingerprint density at radius 2 is 1.78 bits per heavy atom. The van der Waals surface area contributed by atoms with Gasteiger partial charge in [-0.3, -0.25) is 4.90 Å². The Balaban J connectivity index is 4.27. The summed E-state index contributed by atoms with van der Waals surface area (Å²) in [5, 5.41) is 18.5. The first kappa shape index (κ1) is 17.6. The van der Waals surface area contributed by atoms with Gasteiger partial charge in [-0.05, 0) is 20.3 Å². The summed E-state index contributed by atoms with van der Waals surface area (Å²) in [7, 11) is 1.43. The van der Waals surface area contributed by atoms with E-state index in [2.05, 4.69) is 0 Å². The summed E-state index contributed by atoms with van der Waals surface area (Å²) in [6.07, 6.45) is -5.02. The van der Waals surface area contributed by atoms with E-state index in [1.807, 2.05) is 0 Å². The highest BCUT2D eigenvalue weighted by Crippen LogP contribution is 2.19. The Labute approximate surface area is 105 Å². The minimum Gasteiger partial charge on any atom is -0.395 e. The van der Waals surface area contributed by atoms with E-state index in [1.54, 1.807) is 13.8 Å². The number of hydrogen-bond donors (Lipinski definition) is 2. The molecule has 110 valence electrons. The van der Waals surface area contributed by atoms with Gasteiger partial charge in [-0.2, -0.15) is 13.2 Å². The summed E-state index contributed by atoms with van der Waals surface area (Å²) in [6.45, 7) is 1.87. The number of hydrogen-bond acceptors (Lipinski definition) is 4. The number of alkyl halides is 3. The molecular weight excluding hydrogens is 251 g/mol. The van der Waals surface area contributed by atoms with Gasteiger partial charge in [0.25, 0.3) is 0 Å². The van der Waals surface area contributed by atoms with Gasteiger partial charge in [0, 0.05) is 20.2 Å². The van der Waals surface area contributed by atoms with Gasteiger partial charge in [-0.25, -0.2) is 0 Å². The molecule has 0 saturated heterocycles. The van der Waals surface area contributed by atoms with Gasteiger partial charge in [0.15, 0.2) is 0 Å². The lowest BCUT2D eigenvalue weighted by atomic mass is 9.98. The number of methoxy groups -OCH3 is 1. The van der Waals surface area contributed by atoms with Crippen molar-refractivity contribution in [3.8, 4) is 0 Å². The van der Waals surface area contributed by atoms with Crippen LogP contribution in [0.1, 0.15) is 20.3 Å². The molecule has 0 saturated carbocycles. The van der Waals surface area contributed by atoms with Crippen molar-refractivity contribution in [1.29, 1.82) is 0 Å². The number of nitrogens with zero attached hydrogens (tertiary/aromatic N) is 1. The average Bonchev–Trinajstić information content (AvgIpc) is 2.23. The molecule has 0 spiro atoms. The van der Waals surface area contributed by atoms with E-state index in [-0.39, 0.29) is 26.1 Å². The van der Waals surface area contributed by atoms with Crippen LogP contribution < -0.4 is 0 Å². The van der Waals surface area contributed by atoms with Crippen molar-refractivity contribution in [3.63, 3.8) is 0 Å². The van der Waals surface area contributed by atoms with Gasteiger partial charge < -0.3 is 14.9 Å². The third-order valence-corrected chi connectivity index (χ3v) is 2.87. The fourth-order valence-electron chi connectivity index (χ4n) is 1.45. The number of rotatable bonds is 8. The predicted molar refractivity (Wildman–Crippen MR) is 61.3 cm³/mol. The first-order valence-corrected chi connectivity index (χ1v) is 5.75. The standard InChI is InChI=1S/C11H22F3NO3/c1-10(2,18-3)9(17)4-5-15(6-7-16)8-11(12,13)14/h9,16-17H,4-8H2,1-3H3. The molecular formula is C11H22F3NO3. The van der Waals surface area contributed by atoms with Crippen LogP contribution in [-0.2, 0) is 4.74 Å². The van der Waals surface area contributed by atoms with Crippen molar-refractivity contribution in [2.45, 2.75) is 38.1 Å². The maximum atomic E-state index is 12.2. The van der Waals surface area contributed by atoms with E-state index >= 15 is 0 Å². The molecule has 1 unspecified atom stereocenters. The normalized spacial score (nSPS) is 15.2. The minimum atomic E-state index is -4.31. The van der Waals surface area contributed by atoms with E-state index in [0.717, 1.165) is 4.90 Å². The van der Waals surface area contributed by atoms with E-state index in [0.29, 0.717) is 0 Å². The van der Waals surface area contributed by atoms with Gasteiger partial charge in [-0.1, -0.05) is 0 Å². The molecule has 0 aliphatic heterocycles. The molecule has 0 heterocycles. The van der Waals surface area contributed by atoms with Crippen LogP contribution in [0.2, 0.25) is 0 Å². The lowest BCUT2D eigenvalue weighted by molar-refractivity contribution is -0.149. The summed E-state index contributed by atoms with van der Waals surface area (Å²) < 4.78 is 41.8. The van der Waals surface area contributed by atoms with Crippen LogP contribution in [0.25, 0.3) is 0 Å². The maximum absolute atomic E-state index is 12.2. The second kappa shape index (κ2) is 7.28. The first-order chi connectivity index (χ1) is 8.12. The topological polar surface area (TPSA) is 52.9 Å². The van der Waals surface area contributed by atoms with E-state index in [4.69, 9.17) is 9.84 Å². The number of aliphatic hydroxyl groups is 2. The molecule has 1 atom stereocenters. The second-order valence-electron chi connectivity index (χ2n) is 4.73. The predicted octanol–water partition coefficient (Wildman–Crippen LogP) is 1.02. The smallest absolute Gasteiger partial charge is 0.395 e. The Hall–Kier alpha value is -0.370. The lowest BCUT2D eigenvalue weighted by Gasteiger charge is -2.31.